The van der Waals surface area contributed by atoms with Crippen LogP contribution in [0.1, 0.15) is 63.5 Å². The number of nitrogens with zero attached hydrogens (tertiary/aromatic N) is 2. The van der Waals surface area contributed by atoms with Crippen LogP contribution < -0.4 is 0 Å². The highest BCUT2D eigenvalue weighted by Gasteiger charge is 2.61. The molecule has 4 nitrogen and oxygen atoms in total. The van der Waals surface area contributed by atoms with Crippen molar-refractivity contribution in [2.24, 2.45) is 17.8 Å². The Balaban J connectivity index is 1.34. The molecule has 2 aliphatic heterocycles. The van der Waals surface area contributed by atoms with Crippen LogP contribution in [-0.4, -0.2) is 52.6 Å². The molecule has 5 atom stereocenters. The first-order valence-electron chi connectivity index (χ1n) is 12.6. The number of alkyl halides is 5. The summed E-state index contributed by atoms with van der Waals surface area (Å²) in [6.45, 7) is 5.26. The topological polar surface area (TPSA) is 32.8 Å². The maximum atomic E-state index is 13.8. The van der Waals surface area contributed by atoms with Crippen molar-refractivity contribution in [3.63, 3.8) is 0 Å². The zero-order valence-corrected chi connectivity index (χ0v) is 20.2. The van der Waals surface area contributed by atoms with Crippen LogP contribution in [0, 0.1) is 17.8 Å². The molecule has 194 valence electrons. The minimum absolute atomic E-state index is 0.0149. The van der Waals surface area contributed by atoms with E-state index in [1.54, 1.807) is 0 Å². The van der Waals surface area contributed by atoms with E-state index < -0.39 is 29.3 Å². The number of ether oxygens (including phenoxy) is 1. The lowest BCUT2D eigenvalue weighted by Gasteiger charge is -2.53. The minimum atomic E-state index is -4.41. The average molecular weight is 501 g/mol. The summed E-state index contributed by atoms with van der Waals surface area (Å²) in [5.74, 6) is -2.84. The smallest absolute Gasteiger partial charge is 0.353 e. The molecule has 1 aromatic rings. The number of rotatable bonds is 6. The monoisotopic (exact) mass is 500 g/mol. The Kier molecular flexibility index (Phi) is 6.18. The lowest BCUT2D eigenvalue weighted by atomic mass is 9.72. The Bertz CT molecular complexity index is 950. The maximum absolute atomic E-state index is 13.8. The molecule has 5 rings (SSSR count). The van der Waals surface area contributed by atoms with E-state index in [4.69, 9.17) is 4.74 Å². The van der Waals surface area contributed by atoms with E-state index in [1.165, 1.54) is 12.1 Å². The largest absolute Gasteiger partial charge is 0.416 e. The number of amides is 1. The van der Waals surface area contributed by atoms with E-state index in [0.29, 0.717) is 44.4 Å². The Morgan fingerprint density at radius 1 is 1.17 bits per heavy atom. The van der Waals surface area contributed by atoms with Gasteiger partial charge < -0.3 is 9.64 Å². The third kappa shape index (κ3) is 4.59. The van der Waals surface area contributed by atoms with Gasteiger partial charge in [-0.05, 0) is 49.3 Å². The van der Waals surface area contributed by atoms with Crippen molar-refractivity contribution in [3.8, 4) is 0 Å². The van der Waals surface area contributed by atoms with Crippen LogP contribution in [0.25, 0.3) is 0 Å². The molecular weight excluding hydrogens is 467 g/mol. The lowest BCUT2D eigenvalue weighted by Crippen LogP contribution is -2.63. The van der Waals surface area contributed by atoms with Gasteiger partial charge in [-0.25, -0.2) is 8.78 Å². The first kappa shape index (κ1) is 24.9. The molecule has 0 aromatic heterocycles. The molecule has 2 saturated carbocycles. The molecule has 1 spiro atoms. The van der Waals surface area contributed by atoms with E-state index in [9.17, 15) is 26.7 Å². The SMILES string of the molecule is CC(C)[C@H]1CO[C@]23CC[C@H](N(Cc4ccc(C(F)(F)F)cc4)CC4CC4(F)F)C[C@H]2CCC(=O)N13. The van der Waals surface area contributed by atoms with Crippen molar-refractivity contribution in [3.05, 3.63) is 35.4 Å². The van der Waals surface area contributed by atoms with Gasteiger partial charge in [0.1, 0.15) is 5.72 Å². The van der Waals surface area contributed by atoms with Gasteiger partial charge in [-0.3, -0.25) is 9.69 Å². The third-order valence-corrected chi connectivity index (χ3v) is 8.61. The van der Waals surface area contributed by atoms with Gasteiger partial charge in [-0.15, -0.1) is 0 Å². The van der Waals surface area contributed by atoms with E-state index in [2.05, 4.69) is 13.8 Å². The van der Waals surface area contributed by atoms with Gasteiger partial charge in [0, 0.05) is 43.8 Å². The van der Waals surface area contributed by atoms with Crippen LogP contribution in [0.4, 0.5) is 22.0 Å². The van der Waals surface area contributed by atoms with Crippen molar-refractivity contribution in [1.82, 2.24) is 9.80 Å². The van der Waals surface area contributed by atoms with E-state index >= 15 is 0 Å². The van der Waals surface area contributed by atoms with Crippen LogP contribution >= 0.6 is 0 Å². The summed E-state index contributed by atoms with van der Waals surface area (Å²) in [5, 5.41) is 0. The summed E-state index contributed by atoms with van der Waals surface area (Å²) in [6, 6.07) is 5.06. The molecule has 1 aromatic carbocycles. The fraction of sp³-hybridized carbons (Fsp3) is 0.731. The highest BCUT2D eigenvalue weighted by atomic mass is 19.4. The highest BCUT2D eigenvalue weighted by Crippen LogP contribution is 2.53. The number of hydrogen-bond acceptors (Lipinski definition) is 3. The predicted molar refractivity (Wildman–Crippen MR) is 119 cm³/mol. The minimum Gasteiger partial charge on any atom is -0.353 e. The van der Waals surface area contributed by atoms with E-state index in [-0.39, 0.29) is 42.8 Å². The van der Waals surface area contributed by atoms with Crippen molar-refractivity contribution in [2.45, 2.75) is 88.8 Å². The van der Waals surface area contributed by atoms with Gasteiger partial charge in [-0.1, -0.05) is 26.0 Å². The Morgan fingerprint density at radius 3 is 2.46 bits per heavy atom. The van der Waals surface area contributed by atoms with Gasteiger partial charge >= 0.3 is 6.18 Å². The van der Waals surface area contributed by atoms with E-state index in [1.807, 2.05) is 9.80 Å². The number of carbonyl (C=O) groups is 1. The first-order valence-corrected chi connectivity index (χ1v) is 12.6. The molecule has 2 heterocycles. The standard InChI is InChI=1S/C26H33F5N2O2/c1-16(2)22-15-35-25-10-9-21(11-19(25)7-8-23(34)33(22)25)32(14-20-12-24(20,27)28)13-17-3-5-18(6-4-17)26(29,30)31/h3-6,16,19-22H,7-15H2,1-2H3/t19-,20?,21+,22-,25-/m1/s1. The molecule has 2 aliphatic carbocycles. The second-order valence-electron chi connectivity index (χ2n) is 11.2. The number of halogens is 5. The van der Waals surface area contributed by atoms with Crippen molar-refractivity contribution in [2.75, 3.05) is 13.2 Å². The Labute approximate surface area is 202 Å². The summed E-state index contributed by atoms with van der Waals surface area (Å²) < 4.78 is 73.0. The molecule has 1 unspecified atom stereocenters. The van der Waals surface area contributed by atoms with E-state index in [0.717, 1.165) is 18.6 Å². The van der Waals surface area contributed by atoms with Crippen LogP contribution in [0.5, 0.6) is 0 Å². The van der Waals surface area contributed by atoms with Crippen LogP contribution in [0.2, 0.25) is 0 Å². The molecule has 0 radical (unpaired) electrons. The molecule has 0 N–H and O–H groups in total. The fourth-order valence-corrected chi connectivity index (χ4v) is 6.48. The lowest BCUT2D eigenvalue weighted by molar-refractivity contribution is -0.192. The van der Waals surface area contributed by atoms with Gasteiger partial charge in [0.05, 0.1) is 18.2 Å². The normalized spacial score (nSPS) is 34.3. The Morgan fingerprint density at radius 2 is 1.86 bits per heavy atom. The van der Waals surface area contributed by atoms with Crippen LogP contribution in [0.3, 0.4) is 0 Å². The van der Waals surface area contributed by atoms with Crippen LogP contribution in [0.15, 0.2) is 24.3 Å². The fourth-order valence-electron chi connectivity index (χ4n) is 6.48. The summed E-state index contributed by atoms with van der Waals surface area (Å²) in [4.78, 5) is 16.9. The Hall–Kier alpha value is -1.74. The number of benzene rings is 1. The van der Waals surface area contributed by atoms with Gasteiger partial charge in [0.2, 0.25) is 5.91 Å². The molecule has 35 heavy (non-hydrogen) atoms. The summed E-state index contributed by atoms with van der Waals surface area (Å²) >= 11 is 0. The summed E-state index contributed by atoms with van der Waals surface area (Å²) in [7, 11) is 0. The van der Waals surface area contributed by atoms with Gasteiger partial charge in [-0.2, -0.15) is 13.2 Å². The molecule has 4 fully saturated rings. The zero-order valence-electron chi connectivity index (χ0n) is 20.2. The van der Waals surface area contributed by atoms with Gasteiger partial charge in [0.15, 0.2) is 0 Å². The molecule has 1 amide bonds. The molecule has 2 saturated heterocycles. The first-order chi connectivity index (χ1) is 16.4. The van der Waals surface area contributed by atoms with Crippen molar-refractivity contribution >= 4 is 5.91 Å². The second kappa shape index (κ2) is 8.68. The average Bonchev–Trinajstić information content (AvgIpc) is 3.20. The summed E-state index contributed by atoms with van der Waals surface area (Å²) in [5.41, 5.74) is -0.643. The second-order valence-corrected chi connectivity index (χ2v) is 11.2. The third-order valence-electron chi connectivity index (χ3n) is 8.61. The predicted octanol–water partition coefficient (Wildman–Crippen LogP) is 5.70. The quantitative estimate of drug-likeness (QED) is 0.470. The molecule has 0 bridgehead atoms. The maximum Gasteiger partial charge on any atom is 0.416 e. The summed E-state index contributed by atoms with van der Waals surface area (Å²) in [6.07, 6.45) is -1.29. The van der Waals surface area contributed by atoms with Crippen molar-refractivity contribution < 1.29 is 31.5 Å². The highest BCUT2D eigenvalue weighted by molar-refractivity contribution is 5.78. The number of hydrogen-bond donors (Lipinski definition) is 0. The van der Waals surface area contributed by atoms with Gasteiger partial charge in [0.25, 0.3) is 5.92 Å². The number of piperidine rings is 1. The molecule has 9 heteroatoms. The molecule has 4 aliphatic rings. The molecular formula is C26H33F5N2O2. The van der Waals surface area contributed by atoms with Crippen LogP contribution in [-0.2, 0) is 22.3 Å². The zero-order chi connectivity index (χ0) is 25.2. The van der Waals surface area contributed by atoms with Crippen molar-refractivity contribution in [1.29, 1.82) is 0 Å². The number of carbonyl (C=O) groups excluding carboxylic acids is 1.